The lowest BCUT2D eigenvalue weighted by Gasteiger charge is -2.58. The van der Waals surface area contributed by atoms with E-state index in [0.29, 0.717) is 30.4 Å². The van der Waals surface area contributed by atoms with Crippen molar-refractivity contribution in [1.82, 2.24) is 0 Å². The highest BCUT2D eigenvalue weighted by Gasteiger charge is 2.83. The molecule has 0 aliphatic heterocycles. The van der Waals surface area contributed by atoms with Crippen LogP contribution < -0.4 is 0 Å². The van der Waals surface area contributed by atoms with Crippen LogP contribution in [0.3, 0.4) is 0 Å². The normalized spacial score (nSPS) is 40.5. The van der Waals surface area contributed by atoms with E-state index in [1.165, 1.54) is 6.26 Å². The number of rotatable bonds is 8. The zero-order chi connectivity index (χ0) is 23.6. The second-order valence-corrected chi connectivity index (χ2v) is 11.2. The van der Waals surface area contributed by atoms with Gasteiger partial charge in [0.1, 0.15) is 23.9 Å². The first-order chi connectivity index (χ1) is 15.7. The lowest BCUT2D eigenvalue weighted by molar-refractivity contribution is -0.182. The molecule has 6 nitrogen and oxygen atoms in total. The average molecular weight is 455 g/mol. The van der Waals surface area contributed by atoms with E-state index in [2.05, 4.69) is 13.0 Å². The molecule has 1 N–H and O–H groups in total. The third-order valence-corrected chi connectivity index (χ3v) is 9.83. The average Bonchev–Trinajstić information content (AvgIpc) is 3.50. The van der Waals surface area contributed by atoms with Crippen molar-refractivity contribution in [1.29, 1.82) is 0 Å². The van der Waals surface area contributed by atoms with Crippen LogP contribution in [0.25, 0.3) is 0 Å². The fourth-order valence-corrected chi connectivity index (χ4v) is 8.79. The zero-order valence-electron chi connectivity index (χ0n) is 19.7. The highest BCUT2D eigenvalue weighted by Crippen LogP contribution is 2.83. The first kappa shape index (κ1) is 22.4. The molecule has 0 saturated heterocycles. The van der Waals surface area contributed by atoms with Gasteiger partial charge in [-0.3, -0.25) is 9.59 Å². The summed E-state index contributed by atoms with van der Waals surface area (Å²) in [6, 6.07) is 3.46. The Morgan fingerprint density at radius 3 is 2.73 bits per heavy atom. The van der Waals surface area contributed by atoms with E-state index in [1.807, 2.05) is 13.8 Å². The summed E-state index contributed by atoms with van der Waals surface area (Å²) in [4.78, 5) is 38.7. The van der Waals surface area contributed by atoms with E-state index in [0.717, 1.165) is 31.1 Å². The first-order valence-corrected chi connectivity index (χ1v) is 12.3. The summed E-state index contributed by atoms with van der Waals surface area (Å²) < 4.78 is 10.9. The van der Waals surface area contributed by atoms with Gasteiger partial charge in [-0.1, -0.05) is 38.8 Å². The van der Waals surface area contributed by atoms with Crippen molar-refractivity contribution in [3.8, 4) is 0 Å². The SMILES string of the molecule is CC(C)C1=CC2CC3(C=O)C4CC[C@@H](C)C4CC2(CCOC(=O)Cc2ccco2)C13C(=O)O. The third-order valence-electron chi connectivity index (χ3n) is 9.83. The number of aldehydes is 1. The number of hydrogen-bond acceptors (Lipinski definition) is 5. The second-order valence-electron chi connectivity index (χ2n) is 11.2. The molecular weight excluding hydrogens is 420 g/mol. The number of carboxylic acid groups (broad SMARTS) is 1. The van der Waals surface area contributed by atoms with Crippen LogP contribution in [0.4, 0.5) is 0 Å². The molecule has 0 radical (unpaired) electrons. The fraction of sp³-hybridized carbons (Fsp3) is 0.667. The first-order valence-electron chi connectivity index (χ1n) is 12.3. The van der Waals surface area contributed by atoms with Crippen molar-refractivity contribution in [3.63, 3.8) is 0 Å². The van der Waals surface area contributed by atoms with Crippen molar-refractivity contribution in [2.45, 2.75) is 59.3 Å². The summed E-state index contributed by atoms with van der Waals surface area (Å²) in [6.45, 7) is 6.48. The van der Waals surface area contributed by atoms with Crippen molar-refractivity contribution in [3.05, 3.63) is 35.8 Å². The maximum atomic E-state index is 13.3. The number of carboxylic acids is 1. The van der Waals surface area contributed by atoms with Crippen molar-refractivity contribution >= 4 is 18.2 Å². The number of carbonyl (C=O) groups excluding carboxylic acids is 2. The van der Waals surface area contributed by atoms with E-state index >= 15 is 0 Å². The Morgan fingerprint density at radius 2 is 2.09 bits per heavy atom. The van der Waals surface area contributed by atoms with Gasteiger partial charge >= 0.3 is 11.9 Å². The van der Waals surface area contributed by atoms with Crippen LogP contribution in [-0.4, -0.2) is 29.9 Å². The van der Waals surface area contributed by atoms with Gasteiger partial charge in [-0.25, -0.2) is 0 Å². The molecule has 6 unspecified atom stereocenters. The molecule has 0 amide bonds. The summed E-state index contributed by atoms with van der Waals surface area (Å²) in [5.41, 5.74) is -1.76. The van der Waals surface area contributed by atoms with Gasteiger partial charge in [0.25, 0.3) is 0 Å². The van der Waals surface area contributed by atoms with Gasteiger partial charge < -0.3 is 19.1 Å². The lowest BCUT2D eigenvalue weighted by Crippen LogP contribution is -2.62. The molecule has 1 heterocycles. The molecule has 6 heteroatoms. The van der Waals surface area contributed by atoms with Gasteiger partial charge in [-0.05, 0) is 67.4 Å². The quantitative estimate of drug-likeness (QED) is 0.348. The van der Waals surface area contributed by atoms with Crippen LogP contribution >= 0.6 is 0 Å². The molecule has 5 rings (SSSR count). The third kappa shape index (κ3) is 2.69. The molecule has 4 aliphatic carbocycles. The number of carbonyl (C=O) groups is 3. The maximum Gasteiger partial charge on any atom is 0.315 e. The topological polar surface area (TPSA) is 93.8 Å². The molecule has 7 atom stereocenters. The number of hydrogen-bond donors (Lipinski definition) is 1. The molecule has 4 bridgehead atoms. The van der Waals surface area contributed by atoms with Gasteiger partial charge in [0.15, 0.2) is 0 Å². The molecule has 178 valence electrons. The zero-order valence-corrected chi connectivity index (χ0v) is 19.7. The highest BCUT2D eigenvalue weighted by atomic mass is 16.5. The summed E-state index contributed by atoms with van der Waals surface area (Å²) in [7, 11) is 0. The highest BCUT2D eigenvalue weighted by molar-refractivity contribution is 5.90. The number of aliphatic carboxylic acids is 1. The summed E-state index contributed by atoms with van der Waals surface area (Å²) in [5.74, 6) is 0.299. The Bertz CT molecular complexity index is 992. The van der Waals surface area contributed by atoms with Crippen LogP contribution in [0, 0.1) is 45.8 Å². The summed E-state index contributed by atoms with van der Waals surface area (Å²) in [5, 5.41) is 10.9. The Kier molecular flexibility index (Phi) is 5.15. The maximum absolute atomic E-state index is 13.3. The molecule has 33 heavy (non-hydrogen) atoms. The van der Waals surface area contributed by atoms with Crippen LogP contribution in [0.15, 0.2) is 34.5 Å². The Morgan fingerprint density at radius 1 is 1.30 bits per heavy atom. The molecule has 0 spiro atoms. The predicted octanol–water partition coefficient (Wildman–Crippen LogP) is 4.68. The smallest absolute Gasteiger partial charge is 0.315 e. The minimum atomic E-state index is -1.21. The second kappa shape index (κ2) is 7.57. The molecule has 4 aliphatic rings. The standard InChI is InChI=1S/C27H34O6/c1-16(2)22-11-18-13-26(15-28)21-7-6-17(3)20(21)14-25(18,27(22,26)24(30)31)8-10-33-23(29)12-19-5-4-9-32-19/h4-5,9,11,15-18,20-21H,6-8,10,12-14H2,1-3H3,(H,30,31)/t17-,18?,20?,21?,25?,26?,27?/m1/s1. The van der Waals surface area contributed by atoms with E-state index < -0.39 is 22.2 Å². The fourth-order valence-electron chi connectivity index (χ4n) is 8.79. The Balaban J connectivity index is 1.51. The monoisotopic (exact) mass is 454 g/mol. The van der Waals surface area contributed by atoms with E-state index in [-0.39, 0.29) is 36.8 Å². The minimum absolute atomic E-state index is 0.0257. The van der Waals surface area contributed by atoms with Crippen LogP contribution in [0.5, 0.6) is 0 Å². The number of fused-ring (bicyclic) bond motifs is 2. The summed E-state index contributed by atoms with van der Waals surface area (Å²) in [6.07, 6.45) is 8.61. The molecular formula is C27H34O6. The number of esters is 1. The molecule has 1 aromatic heterocycles. The van der Waals surface area contributed by atoms with E-state index in [9.17, 15) is 19.5 Å². The predicted molar refractivity (Wildman–Crippen MR) is 120 cm³/mol. The van der Waals surface area contributed by atoms with Gasteiger partial charge in [0.05, 0.1) is 18.3 Å². The van der Waals surface area contributed by atoms with Gasteiger partial charge in [-0.15, -0.1) is 0 Å². The number of ether oxygens (including phenoxy) is 1. The van der Waals surface area contributed by atoms with Crippen molar-refractivity contribution in [2.24, 2.45) is 45.8 Å². The molecule has 0 aromatic carbocycles. The van der Waals surface area contributed by atoms with E-state index in [4.69, 9.17) is 9.15 Å². The minimum Gasteiger partial charge on any atom is -0.481 e. The van der Waals surface area contributed by atoms with Crippen LogP contribution in [0.2, 0.25) is 0 Å². The van der Waals surface area contributed by atoms with Crippen LogP contribution in [0.1, 0.15) is 58.6 Å². The number of furan rings is 1. The largest absolute Gasteiger partial charge is 0.481 e. The van der Waals surface area contributed by atoms with Crippen LogP contribution in [-0.2, 0) is 25.5 Å². The summed E-state index contributed by atoms with van der Waals surface area (Å²) >= 11 is 0. The molecule has 1 aromatic rings. The Labute approximate surface area is 194 Å². The van der Waals surface area contributed by atoms with E-state index in [1.54, 1.807) is 12.1 Å². The lowest BCUT2D eigenvalue weighted by atomic mass is 9.42. The Hall–Kier alpha value is -2.37. The van der Waals surface area contributed by atoms with Gasteiger partial charge in [-0.2, -0.15) is 0 Å². The van der Waals surface area contributed by atoms with Crippen molar-refractivity contribution < 1.29 is 28.6 Å². The van der Waals surface area contributed by atoms with Crippen molar-refractivity contribution in [2.75, 3.05) is 6.61 Å². The number of allylic oxidation sites excluding steroid dienone is 1. The van der Waals surface area contributed by atoms with Gasteiger partial charge in [0.2, 0.25) is 0 Å². The molecule has 3 fully saturated rings. The molecule has 3 saturated carbocycles. The van der Waals surface area contributed by atoms with Gasteiger partial charge in [0, 0.05) is 5.41 Å².